The molecule has 1 N–H and O–H groups in total. The van der Waals surface area contributed by atoms with E-state index in [4.69, 9.17) is 11.6 Å². The maximum Gasteiger partial charge on any atom is 0.124 e. The molecule has 0 saturated heterocycles. The van der Waals surface area contributed by atoms with Crippen molar-refractivity contribution in [3.63, 3.8) is 0 Å². The summed E-state index contributed by atoms with van der Waals surface area (Å²) in [7, 11) is 0. The first-order chi connectivity index (χ1) is 10.1. The van der Waals surface area contributed by atoms with Crippen molar-refractivity contribution in [1.82, 2.24) is 5.32 Å². The summed E-state index contributed by atoms with van der Waals surface area (Å²) in [4.78, 5) is 1.94. The largest absolute Gasteiger partial charge is 0.312 e. The van der Waals surface area contributed by atoms with Crippen LogP contribution in [-0.2, 0) is 6.54 Å². The highest BCUT2D eigenvalue weighted by Gasteiger charge is 2.09. The molecule has 112 valence electrons. The van der Waals surface area contributed by atoms with Crippen LogP contribution in [0.15, 0.2) is 52.3 Å². The Balaban J connectivity index is 2.16. The van der Waals surface area contributed by atoms with Gasteiger partial charge in [0.05, 0.1) is 0 Å². The lowest BCUT2D eigenvalue weighted by atomic mass is 10.2. The van der Waals surface area contributed by atoms with E-state index in [0.717, 1.165) is 33.5 Å². The molecule has 2 aromatic carbocycles. The SMILES string of the molecule is CC(C)CNCc1c(Cl)cccc1Sc1cccc(F)c1. The summed E-state index contributed by atoms with van der Waals surface area (Å²) in [6, 6.07) is 12.5. The van der Waals surface area contributed by atoms with E-state index < -0.39 is 0 Å². The Morgan fingerprint density at radius 2 is 1.95 bits per heavy atom. The van der Waals surface area contributed by atoms with E-state index in [0.29, 0.717) is 5.92 Å². The van der Waals surface area contributed by atoms with Gasteiger partial charge in [0, 0.05) is 21.4 Å². The summed E-state index contributed by atoms with van der Waals surface area (Å²) in [5.41, 5.74) is 1.06. The van der Waals surface area contributed by atoms with Crippen molar-refractivity contribution < 1.29 is 4.39 Å². The van der Waals surface area contributed by atoms with Crippen molar-refractivity contribution in [2.24, 2.45) is 5.92 Å². The van der Waals surface area contributed by atoms with E-state index >= 15 is 0 Å². The van der Waals surface area contributed by atoms with Crippen LogP contribution >= 0.6 is 23.4 Å². The van der Waals surface area contributed by atoms with Crippen LogP contribution < -0.4 is 5.32 Å². The van der Waals surface area contributed by atoms with Crippen LogP contribution in [0.25, 0.3) is 0 Å². The summed E-state index contributed by atoms with van der Waals surface area (Å²) < 4.78 is 13.3. The second kappa shape index (κ2) is 7.83. The molecule has 4 heteroatoms. The zero-order chi connectivity index (χ0) is 15.2. The first-order valence-electron chi connectivity index (χ1n) is 6.98. The van der Waals surface area contributed by atoms with Crippen molar-refractivity contribution in [1.29, 1.82) is 0 Å². The number of halogens is 2. The van der Waals surface area contributed by atoms with E-state index in [1.807, 2.05) is 24.3 Å². The smallest absolute Gasteiger partial charge is 0.124 e. The van der Waals surface area contributed by atoms with Gasteiger partial charge in [0.2, 0.25) is 0 Å². The van der Waals surface area contributed by atoms with Crippen LogP contribution in [0.4, 0.5) is 4.39 Å². The standard InChI is InChI=1S/C17H19ClFNS/c1-12(2)10-20-11-15-16(18)7-4-8-17(15)21-14-6-3-5-13(19)9-14/h3-9,12,20H,10-11H2,1-2H3. The van der Waals surface area contributed by atoms with Gasteiger partial charge in [0.1, 0.15) is 5.82 Å². The normalized spacial score (nSPS) is 11.1. The molecule has 0 aliphatic heterocycles. The average Bonchev–Trinajstić information content (AvgIpc) is 2.41. The maximum absolute atomic E-state index is 13.3. The first kappa shape index (κ1) is 16.3. The number of nitrogens with one attached hydrogen (secondary N) is 1. The van der Waals surface area contributed by atoms with Gasteiger partial charge in [0.25, 0.3) is 0 Å². The minimum absolute atomic E-state index is 0.221. The summed E-state index contributed by atoms with van der Waals surface area (Å²) in [5.74, 6) is 0.369. The Kier molecular flexibility index (Phi) is 6.09. The minimum Gasteiger partial charge on any atom is -0.312 e. The van der Waals surface area contributed by atoms with Crippen LogP contribution in [0.5, 0.6) is 0 Å². The Bertz CT molecular complexity index is 601. The van der Waals surface area contributed by atoms with Gasteiger partial charge in [-0.05, 0) is 48.4 Å². The van der Waals surface area contributed by atoms with Crippen LogP contribution in [0.2, 0.25) is 5.02 Å². The van der Waals surface area contributed by atoms with Crippen molar-refractivity contribution in [3.05, 3.63) is 58.9 Å². The highest BCUT2D eigenvalue weighted by atomic mass is 35.5. The zero-order valence-electron chi connectivity index (χ0n) is 12.2. The lowest BCUT2D eigenvalue weighted by Crippen LogP contribution is -2.19. The monoisotopic (exact) mass is 323 g/mol. The van der Waals surface area contributed by atoms with Crippen LogP contribution in [-0.4, -0.2) is 6.54 Å². The van der Waals surface area contributed by atoms with Gasteiger partial charge in [-0.3, -0.25) is 0 Å². The number of benzene rings is 2. The van der Waals surface area contributed by atoms with Crippen LogP contribution in [0.1, 0.15) is 19.4 Å². The van der Waals surface area contributed by atoms with Gasteiger partial charge in [-0.25, -0.2) is 4.39 Å². The molecule has 0 heterocycles. The lowest BCUT2D eigenvalue weighted by molar-refractivity contribution is 0.550. The molecular weight excluding hydrogens is 305 g/mol. The number of hydrogen-bond acceptors (Lipinski definition) is 2. The third-order valence-electron chi connectivity index (χ3n) is 2.95. The Labute approximate surface area is 134 Å². The second-order valence-electron chi connectivity index (χ2n) is 5.30. The van der Waals surface area contributed by atoms with Gasteiger partial charge in [-0.2, -0.15) is 0 Å². The molecule has 0 saturated carbocycles. The molecule has 1 nitrogen and oxygen atoms in total. The molecule has 0 radical (unpaired) electrons. The van der Waals surface area contributed by atoms with Crippen molar-refractivity contribution in [2.45, 2.75) is 30.2 Å². The van der Waals surface area contributed by atoms with Crippen LogP contribution in [0.3, 0.4) is 0 Å². The fraction of sp³-hybridized carbons (Fsp3) is 0.294. The summed E-state index contributed by atoms with van der Waals surface area (Å²) >= 11 is 7.85. The minimum atomic E-state index is -0.221. The summed E-state index contributed by atoms with van der Waals surface area (Å²) in [6.45, 7) is 5.99. The Hall–Kier alpha value is -1.03. The van der Waals surface area contributed by atoms with E-state index in [9.17, 15) is 4.39 Å². The predicted molar refractivity (Wildman–Crippen MR) is 88.5 cm³/mol. The third kappa shape index (κ3) is 5.03. The summed E-state index contributed by atoms with van der Waals surface area (Å²) in [5, 5.41) is 4.15. The molecule has 0 fully saturated rings. The molecule has 2 rings (SSSR count). The van der Waals surface area contributed by atoms with Crippen LogP contribution in [0, 0.1) is 11.7 Å². The van der Waals surface area contributed by atoms with E-state index in [1.165, 1.54) is 23.9 Å². The molecule has 0 bridgehead atoms. The predicted octanol–water partition coefficient (Wildman–Crippen LogP) is 5.38. The molecule has 0 aliphatic carbocycles. The topological polar surface area (TPSA) is 12.0 Å². The first-order valence-corrected chi connectivity index (χ1v) is 8.17. The van der Waals surface area contributed by atoms with Gasteiger partial charge >= 0.3 is 0 Å². The van der Waals surface area contributed by atoms with Gasteiger partial charge in [-0.1, -0.05) is 49.3 Å². The highest BCUT2D eigenvalue weighted by molar-refractivity contribution is 7.99. The molecule has 21 heavy (non-hydrogen) atoms. The second-order valence-corrected chi connectivity index (χ2v) is 6.82. The van der Waals surface area contributed by atoms with Crippen molar-refractivity contribution in [2.75, 3.05) is 6.54 Å². The molecule has 0 spiro atoms. The molecule has 0 aliphatic rings. The molecule has 2 aromatic rings. The molecule has 0 unspecified atom stereocenters. The number of rotatable bonds is 6. The Morgan fingerprint density at radius 1 is 1.19 bits per heavy atom. The van der Waals surface area contributed by atoms with Crippen molar-refractivity contribution in [3.8, 4) is 0 Å². The van der Waals surface area contributed by atoms with E-state index in [-0.39, 0.29) is 5.82 Å². The maximum atomic E-state index is 13.3. The van der Waals surface area contributed by atoms with Gasteiger partial charge in [-0.15, -0.1) is 0 Å². The molecular formula is C17H19ClFNS. The third-order valence-corrected chi connectivity index (χ3v) is 4.40. The average molecular weight is 324 g/mol. The molecule has 0 amide bonds. The quantitative estimate of drug-likeness (QED) is 0.766. The Morgan fingerprint density at radius 3 is 2.67 bits per heavy atom. The summed E-state index contributed by atoms with van der Waals surface area (Å²) in [6.07, 6.45) is 0. The molecule has 0 aromatic heterocycles. The zero-order valence-corrected chi connectivity index (χ0v) is 13.8. The highest BCUT2D eigenvalue weighted by Crippen LogP contribution is 2.34. The fourth-order valence-corrected chi connectivity index (χ4v) is 3.27. The van der Waals surface area contributed by atoms with E-state index in [1.54, 1.807) is 6.07 Å². The molecule has 0 atom stereocenters. The fourth-order valence-electron chi connectivity index (χ4n) is 1.95. The van der Waals surface area contributed by atoms with Gasteiger partial charge < -0.3 is 5.32 Å². The number of hydrogen-bond donors (Lipinski definition) is 1. The van der Waals surface area contributed by atoms with Gasteiger partial charge in [0.15, 0.2) is 0 Å². The van der Waals surface area contributed by atoms with Crippen molar-refractivity contribution >= 4 is 23.4 Å². The van der Waals surface area contributed by atoms with E-state index in [2.05, 4.69) is 19.2 Å². The lowest BCUT2D eigenvalue weighted by Gasteiger charge is -2.13.